The molecule has 2 aliphatic rings. The molecule has 2 aliphatic heterocycles. The van der Waals surface area contributed by atoms with Crippen molar-refractivity contribution in [1.29, 1.82) is 0 Å². The lowest BCUT2D eigenvalue weighted by atomic mass is 10.1. The Balaban J connectivity index is 1.36. The van der Waals surface area contributed by atoms with Crippen molar-refractivity contribution in [3.05, 3.63) is 30.0 Å². The smallest absolute Gasteiger partial charge is 0.270 e. The molecule has 4 rings (SSSR count). The molecule has 1 aromatic carbocycles. The fourth-order valence-corrected chi connectivity index (χ4v) is 4.58. The van der Waals surface area contributed by atoms with Gasteiger partial charge in [0.25, 0.3) is 5.91 Å². The van der Waals surface area contributed by atoms with Crippen LogP contribution in [0.3, 0.4) is 0 Å². The molecule has 2 fully saturated rings. The van der Waals surface area contributed by atoms with Crippen molar-refractivity contribution in [3.63, 3.8) is 0 Å². The van der Waals surface area contributed by atoms with E-state index in [-0.39, 0.29) is 5.91 Å². The van der Waals surface area contributed by atoms with Gasteiger partial charge in [-0.15, -0.1) is 0 Å². The van der Waals surface area contributed by atoms with Crippen LogP contribution in [0.4, 0.5) is 0 Å². The molecule has 0 radical (unpaired) electrons. The summed E-state index contributed by atoms with van der Waals surface area (Å²) in [5, 5.41) is 1.03. The van der Waals surface area contributed by atoms with E-state index in [2.05, 4.69) is 35.7 Å². The number of hydrogen-bond acceptors (Lipinski definition) is 4. The van der Waals surface area contributed by atoms with E-state index in [4.69, 9.17) is 4.74 Å². The SMILES string of the molecule is CC(C)N1CCN(C(=O)c2cc3cc(OCCC4CCCN4C)ccc3[nH]2)CC1. The first-order valence-electron chi connectivity index (χ1n) is 11.0. The highest BCUT2D eigenvalue weighted by Gasteiger charge is 2.24. The number of hydrogen-bond donors (Lipinski definition) is 1. The van der Waals surface area contributed by atoms with Crippen molar-refractivity contribution in [3.8, 4) is 5.75 Å². The van der Waals surface area contributed by atoms with Gasteiger partial charge < -0.3 is 19.5 Å². The summed E-state index contributed by atoms with van der Waals surface area (Å²) in [7, 11) is 2.20. The number of ether oxygens (including phenoxy) is 1. The van der Waals surface area contributed by atoms with E-state index < -0.39 is 0 Å². The molecule has 0 saturated carbocycles. The second kappa shape index (κ2) is 8.76. The van der Waals surface area contributed by atoms with Crippen LogP contribution in [0.1, 0.15) is 43.6 Å². The second-order valence-corrected chi connectivity index (χ2v) is 8.77. The van der Waals surface area contributed by atoms with Crippen LogP contribution >= 0.6 is 0 Å². The second-order valence-electron chi connectivity index (χ2n) is 8.77. The number of aromatic nitrogens is 1. The molecule has 3 heterocycles. The van der Waals surface area contributed by atoms with Crippen LogP contribution in [0.2, 0.25) is 0 Å². The highest BCUT2D eigenvalue weighted by Crippen LogP contribution is 2.24. The van der Waals surface area contributed by atoms with E-state index >= 15 is 0 Å². The minimum Gasteiger partial charge on any atom is -0.494 e. The first-order valence-corrected chi connectivity index (χ1v) is 11.0. The molecule has 158 valence electrons. The Kier molecular flexibility index (Phi) is 6.11. The van der Waals surface area contributed by atoms with E-state index in [0.717, 1.165) is 55.9 Å². The summed E-state index contributed by atoms with van der Waals surface area (Å²) in [6, 6.07) is 9.19. The van der Waals surface area contributed by atoms with Crippen LogP contribution in [0.5, 0.6) is 5.75 Å². The zero-order valence-corrected chi connectivity index (χ0v) is 18.0. The first kappa shape index (κ1) is 20.2. The van der Waals surface area contributed by atoms with Crippen molar-refractivity contribution in [2.45, 2.75) is 45.2 Å². The molecule has 1 N–H and O–H groups in total. The number of carbonyl (C=O) groups excluding carboxylic acids is 1. The van der Waals surface area contributed by atoms with E-state index in [1.165, 1.54) is 19.4 Å². The van der Waals surface area contributed by atoms with Crippen molar-refractivity contribution in [2.24, 2.45) is 0 Å². The van der Waals surface area contributed by atoms with Gasteiger partial charge >= 0.3 is 0 Å². The van der Waals surface area contributed by atoms with Crippen LogP contribution in [0.15, 0.2) is 24.3 Å². The molecule has 2 aromatic rings. The number of amides is 1. The number of piperazine rings is 1. The van der Waals surface area contributed by atoms with Gasteiger partial charge in [0, 0.05) is 49.2 Å². The molecule has 1 aromatic heterocycles. The van der Waals surface area contributed by atoms with Crippen molar-refractivity contribution < 1.29 is 9.53 Å². The first-order chi connectivity index (χ1) is 14.0. The van der Waals surface area contributed by atoms with Gasteiger partial charge in [-0.3, -0.25) is 9.69 Å². The lowest BCUT2D eigenvalue weighted by Crippen LogP contribution is -2.50. The minimum atomic E-state index is 0.0938. The Labute approximate surface area is 173 Å². The van der Waals surface area contributed by atoms with Gasteiger partial charge in [0.2, 0.25) is 0 Å². The topological polar surface area (TPSA) is 51.8 Å². The van der Waals surface area contributed by atoms with Gasteiger partial charge in [-0.2, -0.15) is 0 Å². The average Bonchev–Trinajstić information content (AvgIpc) is 3.33. The molecule has 1 amide bonds. The number of nitrogens with one attached hydrogen (secondary N) is 1. The van der Waals surface area contributed by atoms with E-state index in [9.17, 15) is 4.79 Å². The van der Waals surface area contributed by atoms with Crippen LogP contribution in [0.25, 0.3) is 10.9 Å². The maximum Gasteiger partial charge on any atom is 0.270 e. The Morgan fingerprint density at radius 3 is 2.66 bits per heavy atom. The minimum absolute atomic E-state index is 0.0938. The molecule has 6 heteroatoms. The fraction of sp³-hybridized carbons (Fsp3) is 0.609. The summed E-state index contributed by atoms with van der Waals surface area (Å²) < 4.78 is 6.00. The molecule has 1 unspecified atom stereocenters. The van der Waals surface area contributed by atoms with Gasteiger partial charge in [0.1, 0.15) is 11.4 Å². The fourth-order valence-electron chi connectivity index (χ4n) is 4.58. The Morgan fingerprint density at radius 1 is 1.17 bits per heavy atom. The zero-order valence-electron chi connectivity index (χ0n) is 18.0. The maximum absolute atomic E-state index is 12.9. The molecular weight excluding hydrogens is 364 g/mol. The number of rotatable bonds is 6. The van der Waals surface area contributed by atoms with Gasteiger partial charge in [0.05, 0.1) is 6.61 Å². The number of carbonyl (C=O) groups is 1. The van der Waals surface area contributed by atoms with Crippen molar-refractivity contribution in [1.82, 2.24) is 19.7 Å². The number of nitrogens with zero attached hydrogens (tertiary/aromatic N) is 3. The predicted octanol–water partition coefficient (Wildman–Crippen LogP) is 3.20. The lowest BCUT2D eigenvalue weighted by molar-refractivity contribution is 0.0591. The molecule has 1 atom stereocenters. The van der Waals surface area contributed by atoms with E-state index in [1.807, 2.05) is 29.2 Å². The maximum atomic E-state index is 12.9. The van der Waals surface area contributed by atoms with E-state index in [1.54, 1.807) is 0 Å². The Morgan fingerprint density at radius 2 is 1.97 bits per heavy atom. The summed E-state index contributed by atoms with van der Waals surface area (Å²) in [5.74, 6) is 0.970. The van der Waals surface area contributed by atoms with Crippen LogP contribution in [0, 0.1) is 0 Å². The standard InChI is InChI=1S/C23H34N4O2/c1-17(2)26-10-12-27(13-11-26)23(28)22-16-18-15-20(6-7-21(18)24-22)29-14-8-19-5-4-9-25(19)3/h6-7,15-17,19,24H,4-5,8-14H2,1-3H3. The largest absolute Gasteiger partial charge is 0.494 e. The summed E-state index contributed by atoms with van der Waals surface area (Å²) in [6.07, 6.45) is 3.63. The number of fused-ring (bicyclic) bond motifs is 1. The summed E-state index contributed by atoms with van der Waals surface area (Å²) >= 11 is 0. The summed E-state index contributed by atoms with van der Waals surface area (Å²) in [4.78, 5) is 23.0. The average molecular weight is 399 g/mol. The summed E-state index contributed by atoms with van der Waals surface area (Å²) in [5.41, 5.74) is 1.65. The normalized spacial score (nSPS) is 21.4. The predicted molar refractivity (Wildman–Crippen MR) is 117 cm³/mol. The van der Waals surface area contributed by atoms with Crippen LogP contribution in [-0.2, 0) is 0 Å². The van der Waals surface area contributed by atoms with Crippen LogP contribution < -0.4 is 4.74 Å². The monoisotopic (exact) mass is 398 g/mol. The molecule has 29 heavy (non-hydrogen) atoms. The highest BCUT2D eigenvalue weighted by atomic mass is 16.5. The van der Waals surface area contributed by atoms with Gasteiger partial charge in [-0.1, -0.05) is 0 Å². The number of H-pyrrole nitrogens is 1. The third kappa shape index (κ3) is 4.59. The van der Waals surface area contributed by atoms with E-state index in [0.29, 0.717) is 17.8 Å². The van der Waals surface area contributed by atoms with Gasteiger partial charge in [-0.05, 0) is 71.0 Å². The Hall–Kier alpha value is -2.05. The highest BCUT2D eigenvalue weighted by molar-refractivity contribution is 5.98. The molecule has 0 bridgehead atoms. The van der Waals surface area contributed by atoms with Crippen molar-refractivity contribution >= 4 is 16.8 Å². The Bertz CT molecular complexity index is 839. The molecular formula is C23H34N4O2. The number of likely N-dealkylation sites (tertiary alicyclic amines) is 1. The summed E-state index contributed by atoms with van der Waals surface area (Å²) in [6.45, 7) is 9.81. The molecule has 2 saturated heterocycles. The molecule has 0 aliphatic carbocycles. The number of aromatic amines is 1. The quantitative estimate of drug-likeness (QED) is 0.812. The third-order valence-corrected chi connectivity index (χ3v) is 6.55. The number of benzene rings is 1. The van der Waals surface area contributed by atoms with Gasteiger partial charge in [0.15, 0.2) is 0 Å². The van der Waals surface area contributed by atoms with Crippen LogP contribution in [-0.4, -0.2) is 84.1 Å². The lowest BCUT2D eigenvalue weighted by Gasteiger charge is -2.36. The molecule has 6 nitrogen and oxygen atoms in total. The zero-order chi connectivity index (χ0) is 20.4. The van der Waals surface area contributed by atoms with Gasteiger partial charge in [-0.25, -0.2) is 0 Å². The third-order valence-electron chi connectivity index (χ3n) is 6.55. The van der Waals surface area contributed by atoms with Crippen molar-refractivity contribution in [2.75, 3.05) is 46.4 Å². The molecule has 0 spiro atoms.